The van der Waals surface area contributed by atoms with E-state index in [0.29, 0.717) is 6.54 Å². The minimum absolute atomic E-state index is 0.591. The standard InChI is InChI=1S/C11H15BrF3NS/c1-3-4-16-9(6-11(13,14)15)8-5-10(12)17-7(8)2/h5,9,16H,3-4,6H2,1-2H3. The van der Waals surface area contributed by atoms with Crippen molar-refractivity contribution in [3.05, 3.63) is 20.3 Å². The lowest BCUT2D eigenvalue weighted by Gasteiger charge is -2.20. The lowest BCUT2D eigenvalue weighted by molar-refractivity contribution is -0.140. The van der Waals surface area contributed by atoms with Crippen LogP contribution in [0.2, 0.25) is 0 Å². The molecule has 1 rings (SSSR count). The normalized spacial score (nSPS) is 14.0. The minimum Gasteiger partial charge on any atom is -0.310 e. The van der Waals surface area contributed by atoms with Gasteiger partial charge in [0.1, 0.15) is 0 Å². The number of thiophene rings is 1. The SMILES string of the molecule is CCCNC(CC(F)(F)F)c1cc(Br)sc1C. The van der Waals surface area contributed by atoms with E-state index in [4.69, 9.17) is 0 Å². The van der Waals surface area contributed by atoms with Crippen molar-refractivity contribution >= 4 is 27.3 Å². The Bertz CT molecular complexity index is 362. The van der Waals surface area contributed by atoms with Crippen molar-refractivity contribution in [2.75, 3.05) is 6.54 Å². The van der Waals surface area contributed by atoms with Crippen molar-refractivity contribution < 1.29 is 13.2 Å². The Labute approximate surface area is 112 Å². The van der Waals surface area contributed by atoms with Crippen molar-refractivity contribution in [2.45, 2.75) is 38.9 Å². The second kappa shape index (κ2) is 6.20. The third kappa shape index (κ3) is 4.97. The quantitative estimate of drug-likeness (QED) is 0.817. The van der Waals surface area contributed by atoms with Gasteiger partial charge in [0.05, 0.1) is 10.2 Å². The monoisotopic (exact) mass is 329 g/mol. The summed E-state index contributed by atoms with van der Waals surface area (Å²) in [5.74, 6) is 0. The van der Waals surface area contributed by atoms with Crippen molar-refractivity contribution in [1.82, 2.24) is 5.32 Å². The predicted octanol–water partition coefficient (Wildman–Crippen LogP) is 4.81. The molecule has 0 aliphatic carbocycles. The van der Waals surface area contributed by atoms with E-state index in [1.807, 2.05) is 13.8 Å². The van der Waals surface area contributed by atoms with Crippen LogP contribution in [0.4, 0.5) is 13.2 Å². The predicted molar refractivity (Wildman–Crippen MR) is 68.5 cm³/mol. The zero-order valence-corrected chi connectivity index (χ0v) is 12.1. The van der Waals surface area contributed by atoms with Crippen LogP contribution < -0.4 is 5.32 Å². The molecule has 1 N–H and O–H groups in total. The fraction of sp³-hybridized carbons (Fsp3) is 0.636. The van der Waals surface area contributed by atoms with E-state index in [9.17, 15) is 13.2 Å². The van der Waals surface area contributed by atoms with Crippen LogP contribution in [-0.2, 0) is 0 Å². The number of rotatable bonds is 5. The highest BCUT2D eigenvalue weighted by atomic mass is 79.9. The van der Waals surface area contributed by atoms with E-state index in [1.165, 1.54) is 11.3 Å². The molecule has 6 heteroatoms. The van der Waals surface area contributed by atoms with Gasteiger partial charge in [-0.1, -0.05) is 6.92 Å². The average molecular weight is 330 g/mol. The molecule has 1 heterocycles. The Hall–Kier alpha value is -0.0700. The number of nitrogens with one attached hydrogen (secondary N) is 1. The summed E-state index contributed by atoms with van der Waals surface area (Å²) in [5.41, 5.74) is 0.743. The van der Waals surface area contributed by atoms with Gasteiger partial charge in [0.15, 0.2) is 0 Å². The summed E-state index contributed by atoms with van der Waals surface area (Å²) in [7, 11) is 0. The molecule has 0 aliphatic rings. The maximum absolute atomic E-state index is 12.5. The molecule has 0 aromatic carbocycles. The van der Waals surface area contributed by atoms with Crippen LogP contribution in [-0.4, -0.2) is 12.7 Å². The van der Waals surface area contributed by atoms with Gasteiger partial charge in [-0.25, -0.2) is 0 Å². The molecule has 0 spiro atoms. The van der Waals surface area contributed by atoms with Gasteiger partial charge >= 0.3 is 6.18 Å². The zero-order chi connectivity index (χ0) is 13.1. The summed E-state index contributed by atoms with van der Waals surface area (Å²) < 4.78 is 38.4. The van der Waals surface area contributed by atoms with Gasteiger partial charge in [-0.3, -0.25) is 0 Å². The fourth-order valence-corrected chi connectivity index (χ4v) is 3.42. The van der Waals surface area contributed by atoms with Gasteiger partial charge in [0.25, 0.3) is 0 Å². The maximum Gasteiger partial charge on any atom is 0.390 e. The highest BCUT2D eigenvalue weighted by Gasteiger charge is 2.33. The molecule has 0 saturated carbocycles. The second-order valence-electron chi connectivity index (χ2n) is 3.89. The number of hydrogen-bond acceptors (Lipinski definition) is 2. The number of aryl methyl sites for hydroxylation is 1. The first-order chi connectivity index (χ1) is 7.83. The largest absolute Gasteiger partial charge is 0.390 e. The van der Waals surface area contributed by atoms with Gasteiger partial charge in [-0.15, -0.1) is 11.3 Å². The van der Waals surface area contributed by atoms with Gasteiger partial charge in [-0.2, -0.15) is 13.2 Å². The molecule has 0 fully saturated rings. The van der Waals surface area contributed by atoms with Crippen LogP contribution in [0.5, 0.6) is 0 Å². The van der Waals surface area contributed by atoms with E-state index >= 15 is 0 Å². The molecular weight excluding hydrogens is 315 g/mol. The average Bonchev–Trinajstić information content (AvgIpc) is 2.50. The smallest absolute Gasteiger partial charge is 0.310 e. The summed E-state index contributed by atoms with van der Waals surface area (Å²) in [5, 5.41) is 2.96. The van der Waals surface area contributed by atoms with Crippen LogP contribution >= 0.6 is 27.3 Å². The Kier molecular flexibility index (Phi) is 5.47. The van der Waals surface area contributed by atoms with Crippen LogP contribution in [0.3, 0.4) is 0 Å². The van der Waals surface area contributed by atoms with Gasteiger partial charge < -0.3 is 5.32 Å². The third-order valence-corrected chi connectivity index (χ3v) is 3.95. The number of hydrogen-bond donors (Lipinski definition) is 1. The highest BCUT2D eigenvalue weighted by Crippen LogP contribution is 2.36. The summed E-state index contributed by atoms with van der Waals surface area (Å²) in [4.78, 5) is 0.926. The van der Waals surface area contributed by atoms with Gasteiger partial charge in [0.2, 0.25) is 0 Å². The summed E-state index contributed by atoms with van der Waals surface area (Å²) in [6, 6.07) is 1.14. The first kappa shape index (κ1) is 15.0. The molecular formula is C11H15BrF3NS. The first-order valence-electron chi connectivity index (χ1n) is 5.39. The molecule has 1 aromatic rings. The Morgan fingerprint density at radius 1 is 1.47 bits per heavy atom. The molecule has 17 heavy (non-hydrogen) atoms. The topological polar surface area (TPSA) is 12.0 Å². The lowest BCUT2D eigenvalue weighted by atomic mass is 10.0. The molecule has 1 nitrogen and oxygen atoms in total. The van der Waals surface area contributed by atoms with Crippen LogP contribution in [0.15, 0.2) is 9.85 Å². The molecule has 1 unspecified atom stereocenters. The molecule has 98 valence electrons. The Morgan fingerprint density at radius 3 is 2.53 bits per heavy atom. The van der Waals surface area contributed by atoms with Crippen molar-refractivity contribution in [1.29, 1.82) is 0 Å². The first-order valence-corrected chi connectivity index (χ1v) is 7.00. The number of halogens is 4. The van der Waals surface area contributed by atoms with Crippen molar-refractivity contribution in [2.24, 2.45) is 0 Å². The zero-order valence-electron chi connectivity index (χ0n) is 9.70. The minimum atomic E-state index is -4.15. The molecule has 0 radical (unpaired) electrons. The van der Waals surface area contributed by atoms with Crippen LogP contribution in [0.1, 0.15) is 36.2 Å². The van der Waals surface area contributed by atoms with Gasteiger partial charge in [0, 0.05) is 10.9 Å². The van der Waals surface area contributed by atoms with Crippen molar-refractivity contribution in [3.8, 4) is 0 Å². The molecule has 0 saturated heterocycles. The van der Waals surface area contributed by atoms with E-state index < -0.39 is 18.6 Å². The summed E-state index contributed by atoms with van der Waals surface area (Å²) >= 11 is 4.77. The van der Waals surface area contributed by atoms with E-state index in [2.05, 4.69) is 21.2 Å². The number of alkyl halides is 3. The van der Waals surface area contributed by atoms with Crippen LogP contribution in [0.25, 0.3) is 0 Å². The van der Waals surface area contributed by atoms with Crippen LogP contribution in [0, 0.1) is 6.92 Å². The summed E-state index contributed by atoms with van der Waals surface area (Å²) in [6.07, 6.45) is -4.15. The second-order valence-corrected chi connectivity index (χ2v) is 6.52. The van der Waals surface area contributed by atoms with E-state index in [-0.39, 0.29) is 0 Å². The van der Waals surface area contributed by atoms with E-state index in [1.54, 1.807) is 6.07 Å². The molecule has 0 aliphatic heterocycles. The Morgan fingerprint density at radius 2 is 2.12 bits per heavy atom. The van der Waals surface area contributed by atoms with Gasteiger partial charge in [-0.05, 0) is 47.4 Å². The summed E-state index contributed by atoms with van der Waals surface area (Å²) in [6.45, 7) is 4.38. The molecule has 0 bridgehead atoms. The molecule has 1 atom stereocenters. The lowest BCUT2D eigenvalue weighted by Crippen LogP contribution is -2.27. The van der Waals surface area contributed by atoms with E-state index in [0.717, 1.165) is 20.6 Å². The third-order valence-electron chi connectivity index (χ3n) is 2.38. The van der Waals surface area contributed by atoms with Crippen molar-refractivity contribution in [3.63, 3.8) is 0 Å². The maximum atomic E-state index is 12.5. The fourth-order valence-electron chi connectivity index (χ4n) is 1.65. The molecule has 0 amide bonds. The Balaban J connectivity index is 2.85. The highest BCUT2D eigenvalue weighted by molar-refractivity contribution is 9.11. The molecule has 1 aromatic heterocycles.